The van der Waals surface area contributed by atoms with Crippen LogP contribution in [-0.4, -0.2) is 35.3 Å². The van der Waals surface area contributed by atoms with Crippen molar-refractivity contribution in [1.82, 2.24) is 9.97 Å². The normalized spacial score (nSPS) is 23.1. The first kappa shape index (κ1) is 14.3. The smallest absolute Gasteiger partial charge is 0.226 e. The van der Waals surface area contributed by atoms with Crippen LogP contribution in [0.4, 0.5) is 11.6 Å². The summed E-state index contributed by atoms with van der Waals surface area (Å²) in [6, 6.07) is 6.37. The van der Waals surface area contributed by atoms with Crippen molar-refractivity contribution in [2.45, 2.75) is 31.8 Å². The van der Waals surface area contributed by atoms with Crippen LogP contribution in [0, 0.1) is 6.92 Å². The zero-order chi connectivity index (χ0) is 15.8. The highest BCUT2D eigenvalue weighted by Gasteiger charge is 2.38. The molecular formula is C17H20N4O2. The highest BCUT2D eigenvalue weighted by molar-refractivity contribution is 5.48. The number of anilines is 2. The van der Waals surface area contributed by atoms with Crippen LogP contribution in [-0.2, 0) is 4.74 Å². The number of benzene rings is 1. The Morgan fingerprint density at radius 3 is 2.52 bits per heavy atom. The van der Waals surface area contributed by atoms with E-state index in [0.29, 0.717) is 17.8 Å². The van der Waals surface area contributed by atoms with Crippen molar-refractivity contribution in [2.75, 3.05) is 23.8 Å². The van der Waals surface area contributed by atoms with Crippen molar-refractivity contribution in [3.05, 3.63) is 36.2 Å². The van der Waals surface area contributed by atoms with Gasteiger partial charge in [-0.15, -0.1) is 0 Å². The topological polar surface area (TPSA) is 73.5 Å². The predicted octanol–water partition coefficient (Wildman–Crippen LogP) is 2.53. The van der Waals surface area contributed by atoms with E-state index in [4.69, 9.17) is 15.2 Å². The first-order valence-electron chi connectivity index (χ1n) is 7.93. The summed E-state index contributed by atoms with van der Waals surface area (Å²) in [4.78, 5) is 11.3. The van der Waals surface area contributed by atoms with Crippen molar-refractivity contribution in [1.29, 1.82) is 0 Å². The number of nitrogens with zero attached hydrogens (tertiary/aromatic N) is 3. The fourth-order valence-corrected chi connectivity index (χ4v) is 3.36. The molecule has 2 aliphatic heterocycles. The van der Waals surface area contributed by atoms with E-state index in [9.17, 15) is 0 Å². The van der Waals surface area contributed by atoms with E-state index in [1.54, 1.807) is 12.4 Å². The third-order valence-corrected chi connectivity index (χ3v) is 4.51. The lowest BCUT2D eigenvalue weighted by atomic mass is 10.2. The molecular weight excluding hydrogens is 292 g/mol. The molecule has 0 saturated carbocycles. The van der Waals surface area contributed by atoms with Crippen LogP contribution in [0.25, 0.3) is 0 Å². The van der Waals surface area contributed by atoms with E-state index in [2.05, 4.69) is 14.9 Å². The van der Waals surface area contributed by atoms with Crippen molar-refractivity contribution < 1.29 is 9.47 Å². The molecule has 4 rings (SSSR count). The summed E-state index contributed by atoms with van der Waals surface area (Å²) in [6.07, 6.45) is 5.76. The van der Waals surface area contributed by atoms with Gasteiger partial charge in [-0.25, -0.2) is 9.97 Å². The molecule has 2 aliphatic rings. The molecule has 1 aromatic carbocycles. The van der Waals surface area contributed by atoms with Gasteiger partial charge in [0.25, 0.3) is 0 Å². The highest BCUT2D eigenvalue weighted by Crippen LogP contribution is 2.32. The van der Waals surface area contributed by atoms with E-state index < -0.39 is 0 Å². The summed E-state index contributed by atoms with van der Waals surface area (Å²) in [5.74, 6) is 2.16. The number of fused-ring (bicyclic) bond motifs is 2. The molecule has 2 unspecified atom stereocenters. The largest absolute Gasteiger partial charge is 0.454 e. The summed E-state index contributed by atoms with van der Waals surface area (Å²) in [7, 11) is 0. The Labute approximate surface area is 135 Å². The summed E-state index contributed by atoms with van der Waals surface area (Å²) < 4.78 is 11.5. The minimum absolute atomic E-state index is 0.403. The zero-order valence-corrected chi connectivity index (χ0v) is 13.1. The minimum Gasteiger partial charge on any atom is -0.454 e. The zero-order valence-electron chi connectivity index (χ0n) is 13.1. The summed E-state index contributed by atoms with van der Waals surface area (Å²) in [6.45, 7) is 3.50. The maximum Gasteiger partial charge on any atom is 0.226 e. The molecule has 2 N–H and O–H groups in total. The number of rotatable bonds is 3. The van der Waals surface area contributed by atoms with Gasteiger partial charge in [0.2, 0.25) is 5.95 Å². The van der Waals surface area contributed by atoms with Gasteiger partial charge in [0.05, 0.1) is 37.7 Å². The Balaban J connectivity index is 1.52. The number of nitrogen functional groups attached to an aromatic ring is 1. The van der Waals surface area contributed by atoms with Gasteiger partial charge in [0, 0.05) is 5.69 Å². The van der Waals surface area contributed by atoms with E-state index >= 15 is 0 Å². The molecule has 2 saturated heterocycles. The summed E-state index contributed by atoms with van der Waals surface area (Å²) >= 11 is 0. The third-order valence-electron chi connectivity index (χ3n) is 4.51. The lowest BCUT2D eigenvalue weighted by molar-refractivity contribution is 0.0897. The fourth-order valence-electron chi connectivity index (χ4n) is 3.36. The van der Waals surface area contributed by atoms with Gasteiger partial charge in [-0.1, -0.05) is 0 Å². The first-order chi connectivity index (χ1) is 11.2. The molecule has 3 heterocycles. The van der Waals surface area contributed by atoms with Crippen LogP contribution in [0.2, 0.25) is 0 Å². The lowest BCUT2D eigenvalue weighted by Crippen LogP contribution is -2.46. The van der Waals surface area contributed by atoms with Crippen molar-refractivity contribution >= 4 is 11.6 Å². The Bertz CT molecular complexity index is 688. The van der Waals surface area contributed by atoms with Crippen LogP contribution < -0.4 is 15.4 Å². The molecule has 23 heavy (non-hydrogen) atoms. The second-order valence-corrected chi connectivity index (χ2v) is 6.18. The molecule has 2 bridgehead atoms. The SMILES string of the molecule is Cc1cc(N)ccc1Oc1cnc(N2C3CCC2COC3)nc1. The average molecular weight is 312 g/mol. The lowest BCUT2D eigenvalue weighted by Gasteiger charge is -2.34. The molecule has 120 valence electrons. The molecule has 6 heteroatoms. The van der Waals surface area contributed by atoms with Gasteiger partial charge in [-0.3, -0.25) is 0 Å². The summed E-state index contributed by atoms with van der Waals surface area (Å²) in [5.41, 5.74) is 7.47. The maximum atomic E-state index is 5.85. The molecule has 6 nitrogen and oxygen atoms in total. The van der Waals surface area contributed by atoms with Crippen molar-refractivity contribution in [3.63, 3.8) is 0 Å². The molecule has 0 radical (unpaired) electrons. The van der Waals surface area contributed by atoms with Gasteiger partial charge >= 0.3 is 0 Å². The molecule has 0 spiro atoms. The number of aromatic nitrogens is 2. The summed E-state index contributed by atoms with van der Waals surface area (Å²) in [5, 5.41) is 0. The van der Waals surface area contributed by atoms with Crippen molar-refractivity contribution in [2.24, 2.45) is 0 Å². The second-order valence-electron chi connectivity index (χ2n) is 6.18. The van der Waals surface area contributed by atoms with Crippen molar-refractivity contribution in [3.8, 4) is 11.5 Å². The molecule has 2 fully saturated rings. The number of hydrogen-bond donors (Lipinski definition) is 1. The van der Waals surface area contributed by atoms with Gasteiger partial charge < -0.3 is 20.1 Å². The van der Waals surface area contributed by atoms with Crippen LogP contribution in [0.3, 0.4) is 0 Å². The number of hydrogen-bond acceptors (Lipinski definition) is 6. The quantitative estimate of drug-likeness (QED) is 0.878. The Morgan fingerprint density at radius 1 is 1.17 bits per heavy atom. The molecule has 2 aromatic rings. The van der Waals surface area contributed by atoms with Gasteiger partial charge in [0.15, 0.2) is 5.75 Å². The Kier molecular flexibility index (Phi) is 3.53. The number of ether oxygens (including phenoxy) is 2. The van der Waals surface area contributed by atoms with Crippen LogP contribution in [0.1, 0.15) is 18.4 Å². The van der Waals surface area contributed by atoms with Gasteiger partial charge in [-0.05, 0) is 43.5 Å². The van der Waals surface area contributed by atoms with Gasteiger partial charge in [-0.2, -0.15) is 0 Å². The molecule has 2 atom stereocenters. The van der Waals surface area contributed by atoms with E-state index in [-0.39, 0.29) is 0 Å². The second kappa shape index (κ2) is 5.70. The molecule has 0 amide bonds. The first-order valence-corrected chi connectivity index (χ1v) is 7.93. The van der Waals surface area contributed by atoms with E-state index in [1.165, 1.54) is 0 Å². The standard InChI is InChI=1S/C17H20N4O2/c1-11-6-12(18)2-5-16(11)23-15-7-19-17(20-8-15)21-13-3-4-14(21)10-22-9-13/h2,5-8,13-14H,3-4,9-10,18H2,1H3. The fraction of sp³-hybridized carbons (Fsp3) is 0.412. The number of morpholine rings is 1. The van der Waals surface area contributed by atoms with Crippen LogP contribution >= 0.6 is 0 Å². The van der Waals surface area contributed by atoms with Gasteiger partial charge in [0.1, 0.15) is 5.75 Å². The monoisotopic (exact) mass is 312 g/mol. The van der Waals surface area contributed by atoms with Crippen LogP contribution in [0.15, 0.2) is 30.6 Å². The predicted molar refractivity (Wildman–Crippen MR) is 87.8 cm³/mol. The molecule has 1 aromatic heterocycles. The number of nitrogens with two attached hydrogens (primary N) is 1. The third kappa shape index (κ3) is 2.70. The minimum atomic E-state index is 0.403. The Morgan fingerprint density at radius 2 is 1.87 bits per heavy atom. The van der Waals surface area contributed by atoms with Crippen LogP contribution in [0.5, 0.6) is 11.5 Å². The van der Waals surface area contributed by atoms with E-state index in [0.717, 1.165) is 49.0 Å². The van der Waals surface area contributed by atoms with E-state index in [1.807, 2.05) is 25.1 Å². The average Bonchev–Trinajstić information content (AvgIpc) is 2.80. The molecule has 0 aliphatic carbocycles. The Hall–Kier alpha value is -2.34. The number of aryl methyl sites for hydroxylation is 1. The maximum absolute atomic E-state index is 5.85. The highest BCUT2D eigenvalue weighted by atomic mass is 16.5.